The van der Waals surface area contributed by atoms with Gasteiger partial charge in [-0.3, -0.25) is 14.4 Å². The van der Waals surface area contributed by atoms with Gasteiger partial charge in [0.15, 0.2) is 17.3 Å². The van der Waals surface area contributed by atoms with Gasteiger partial charge in [0.25, 0.3) is 17.3 Å². The maximum atomic E-state index is 13.2. The molecule has 0 spiro atoms. The Morgan fingerprint density at radius 3 is 2.28 bits per heavy atom. The summed E-state index contributed by atoms with van der Waals surface area (Å²) in [5, 5.41) is 2.84. The number of hydrogen-bond donors (Lipinski definition) is 2. The van der Waals surface area contributed by atoms with Gasteiger partial charge in [-0.1, -0.05) is 0 Å². The smallest absolute Gasteiger partial charge is 0.253 e. The lowest BCUT2D eigenvalue weighted by molar-refractivity contribution is -0.123. The molecule has 1 atom stereocenters. The number of aromatic nitrogens is 1. The number of H-pyrrole nitrogens is 1. The van der Waals surface area contributed by atoms with Crippen LogP contribution in [0.25, 0.3) is 0 Å². The van der Waals surface area contributed by atoms with Crippen molar-refractivity contribution in [1.29, 1.82) is 0 Å². The highest BCUT2D eigenvalue weighted by Crippen LogP contribution is 2.50. The number of rotatable bonds is 6. The van der Waals surface area contributed by atoms with Gasteiger partial charge in [0.05, 0.1) is 5.56 Å². The third-order valence-electron chi connectivity index (χ3n) is 7.81. The maximum Gasteiger partial charge on any atom is 0.253 e. The number of ketones is 1. The Morgan fingerprint density at radius 1 is 1.06 bits per heavy atom. The van der Waals surface area contributed by atoms with Gasteiger partial charge in [0, 0.05) is 47.8 Å². The van der Waals surface area contributed by atoms with E-state index in [1.54, 1.807) is 13.0 Å². The summed E-state index contributed by atoms with van der Waals surface area (Å²) < 4.78 is 12.8. The van der Waals surface area contributed by atoms with Crippen LogP contribution >= 0.6 is 0 Å². The Kier molecular flexibility index (Phi) is 7.01. The molecule has 0 saturated heterocycles. The van der Waals surface area contributed by atoms with Crippen LogP contribution in [0.5, 0.6) is 11.5 Å². The molecule has 2 aromatic rings. The van der Waals surface area contributed by atoms with E-state index in [1.165, 1.54) is 6.92 Å². The molecule has 1 aromatic heterocycles. The number of benzene rings is 1. The molecule has 0 bridgehead atoms. The Labute approximate surface area is 212 Å². The van der Waals surface area contributed by atoms with Crippen molar-refractivity contribution in [3.8, 4) is 11.5 Å². The predicted molar refractivity (Wildman–Crippen MR) is 138 cm³/mol. The maximum absolute atomic E-state index is 13.2. The Hall–Kier alpha value is -3.13. The van der Waals surface area contributed by atoms with E-state index < -0.39 is 5.79 Å². The number of fused-ring (bicyclic) bond motifs is 1. The lowest BCUT2D eigenvalue weighted by Gasteiger charge is -2.39. The lowest BCUT2D eigenvalue weighted by atomic mass is 9.81. The number of nitrogens with zero attached hydrogens (tertiary/aromatic N) is 1. The zero-order valence-electron chi connectivity index (χ0n) is 22.3. The van der Waals surface area contributed by atoms with E-state index in [2.05, 4.69) is 29.3 Å². The first kappa shape index (κ1) is 25.9. The van der Waals surface area contributed by atoms with Crippen molar-refractivity contribution in [2.75, 3.05) is 14.1 Å². The van der Waals surface area contributed by atoms with E-state index in [-0.39, 0.29) is 29.7 Å². The molecule has 1 aliphatic heterocycles. The summed E-state index contributed by atoms with van der Waals surface area (Å²) >= 11 is 0. The molecule has 36 heavy (non-hydrogen) atoms. The second-order valence-corrected chi connectivity index (χ2v) is 10.6. The molecule has 1 amide bonds. The van der Waals surface area contributed by atoms with Gasteiger partial charge < -0.3 is 24.7 Å². The first-order valence-electron chi connectivity index (χ1n) is 12.6. The summed E-state index contributed by atoms with van der Waals surface area (Å²) in [6.07, 6.45) is 4.03. The quantitative estimate of drug-likeness (QED) is 0.587. The van der Waals surface area contributed by atoms with Crippen LogP contribution in [0.4, 0.5) is 0 Å². The highest BCUT2D eigenvalue weighted by Gasteiger charge is 2.48. The molecule has 8 nitrogen and oxygen atoms in total. The van der Waals surface area contributed by atoms with Crippen LogP contribution in [0.1, 0.15) is 82.6 Å². The molecule has 1 aromatic carbocycles. The highest BCUT2D eigenvalue weighted by atomic mass is 16.7. The van der Waals surface area contributed by atoms with Crippen LogP contribution in [0.15, 0.2) is 16.9 Å². The van der Waals surface area contributed by atoms with Crippen LogP contribution in [0.2, 0.25) is 0 Å². The summed E-state index contributed by atoms with van der Waals surface area (Å²) in [5.41, 5.74) is 3.14. The summed E-state index contributed by atoms with van der Waals surface area (Å²) in [6, 6.07) is 3.99. The minimum Gasteiger partial charge on any atom is -0.448 e. The van der Waals surface area contributed by atoms with Gasteiger partial charge >= 0.3 is 0 Å². The molecule has 0 radical (unpaired) electrons. The van der Waals surface area contributed by atoms with Crippen LogP contribution in [-0.4, -0.2) is 47.5 Å². The lowest BCUT2D eigenvalue weighted by Crippen LogP contribution is -2.46. The molecular formula is C28H37N3O5. The monoisotopic (exact) mass is 495 g/mol. The second-order valence-electron chi connectivity index (χ2n) is 10.6. The molecule has 2 N–H and O–H groups in total. The molecule has 1 fully saturated rings. The molecule has 8 heteroatoms. The van der Waals surface area contributed by atoms with Crippen LogP contribution in [0.3, 0.4) is 0 Å². The topological polar surface area (TPSA) is 101 Å². The number of Topliss-reactive ketones (excluding diaryl/α,β-unsaturated/α-hetero) is 1. The number of ether oxygens (including phenoxy) is 2. The fraction of sp³-hybridized carbons (Fsp3) is 0.536. The second kappa shape index (κ2) is 9.73. The van der Waals surface area contributed by atoms with Crippen LogP contribution in [0, 0.1) is 26.7 Å². The minimum absolute atomic E-state index is 0.0798. The van der Waals surface area contributed by atoms with Gasteiger partial charge in [0.1, 0.15) is 0 Å². The molecule has 194 valence electrons. The first-order valence-corrected chi connectivity index (χ1v) is 12.6. The van der Waals surface area contributed by atoms with E-state index in [0.29, 0.717) is 39.8 Å². The van der Waals surface area contributed by atoms with Crippen molar-refractivity contribution in [3.05, 3.63) is 56.0 Å². The van der Waals surface area contributed by atoms with E-state index in [0.717, 1.165) is 36.9 Å². The zero-order chi connectivity index (χ0) is 26.4. The van der Waals surface area contributed by atoms with Crippen molar-refractivity contribution in [2.24, 2.45) is 5.92 Å². The number of aromatic amines is 1. The van der Waals surface area contributed by atoms with Gasteiger partial charge in [-0.2, -0.15) is 0 Å². The van der Waals surface area contributed by atoms with E-state index >= 15 is 0 Å². The zero-order valence-corrected chi connectivity index (χ0v) is 22.3. The Balaban J connectivity index is 1.59. The standard InChI is InChI=1S/C28H37N3O5/c1-15-12-16(2)30-27(34)23(15)14-29-26(33)21-13-22(18(4)32)25-24(17(21)3)35-28(5,36-25)19-8-10-20(11-9-19)31(6)7/h12-13,19-20H,8-11,14H2,1-7H3,(H,29,33)(H,30,34)/t19-,20-,28?. The number of hydrogen-bond acceptors (Lipinski definition) is 6. The molecule has 1 aliphatic carbocycles. The van der Waals surface area contributed by atoms with Crippen molar-refractivity contribution < 1.29 is 19.1 Å². The Morgan fingerprint density at radius 2 is 1.69 bits per heavy atom. The minimum atomic E-state index is -0.893. The number of pyridine rings is 1. The van der Waals surface area contributed by atoms with E-state index in [9.17, 15) is 14.4 Å². The molecule has 2 heterocycles. The molecular weight excluding hydrogens is 458 g/mol. The fourth-order valence-electron chi connectivity index (χ4n) is 5.53. The molecule has 1 saturated carbocycles. The summed E-state index contributed by atoms with van der Waals surface area (Å²) in [7, 11) is 4.22. The normalized spacial score (nSPS) is 23.1. The number of aryl methyl sites for hydroxylation is 2. The largest absolute Gasteiger partial charge is 0.448 e. The molecule has 2 aliphatic rings. The van der Waals surface area contributed by atoms with Crippen LogP contribution < -0.4 is 20.3 Å². The number of carbonyl (C=O) groups excluding carboxylic acids is 2. The fourth-order valence-corrected chi connectivity index (χ4v) is 5.53. The van der Waals surface area contributed by atoms with Crippen LogP contribution in [-0.2, 0) is 6.54 Å². The SMILES string of the molecule is CC(=O)c1cc(C(=O)NCc2c(C)cc(C)[nH]c2=O)c(C)c2c1OC(C)([C@H]1CC[C@H](N(C)C)CC1)O2. The summed E-state index contributed by atoms with van der Waals surface area (Å²) in [4.78, 5) is 43.2. The van der Waals surface area contributed by atoms with Gasteiger partial charge in [0.2, 0.25) is 0 Å². The molecule has 4 rings (SSSR count). The van der Waals surface area contributed by atoms with E-state index in [4.69, 9.17) is 9.47 Å². The van der Waals surface area contributed by atoms with Gasteiger partial charge in [-0.25, -0.2) is 0 Å². The van der Waals surface area contributed by atoms with Crippen molar-refractivity contribution in [1.82, 2.24) is 15.2 Å². The average molecular weight is 496 g/mol. The first-order chi connectivity index (χ1) is 16.9. The van der Waals surface area contributed by atoms with Gasteiger partial charge in [-0.15, -0.1) is 0 Å². The van der Waals surface area contributed by atoms with Crippen molar-refractivity contribution >= 4 is 11.7 Å². The van der Waals surface area contributed by atoms with Crippen molar-refractivity contribution in [2.45, 2.75) is 78.7 Å². The predicted octanol–water partition coefficient (Wildman–Crippen LogP) is 4.04. The summed E-state index contributed by atoms with van der Waals surface area (Å²) in [5.74, 6) is -0.422. The molecule has 1 unspecified atom stereocenters. The highest BCUT2D eigenvalue weighted by molar-refractivity contribution is 6.04. The number of amides is 1. The van der Waals surface area contributed by atoms with E-state index in [1.807, 2.05) is 26.8 Å². The summed E-state index contributed by atoms with van der Waals surface area (Å²) in [6.45, 7) is 8.94. The van der Waals surface area contributed by atoms with Crippen molar-refractivity contribution in [3.63, 3.8) is 0 Å². The Bertz CT molecular complexity index is 1260. The number of carbonyl (C=O) groups is 2. The number of nitrogens with one attached hydrogen (secondary N) is 2. The third-order valence-corrected chi connectivity index (χ3v) is 7.81. The van der Waals surface area contributed by atoms with Gasteiger partial charge in [-0.05, 0) is 85.2 Å². The average Bonchev–Trinajstić information content (AvgIpc) is 3.17. The third kappa shape index (κ3) is 4.78.